The molecule has 0 aromatic heterocycles. The van der Waals surface area contributed by atoms with Crippen LogP contribution in [0.25, 0.3) is 10.4 Å². The van der Waals surface area contributed by atoms with Gasteiger partial charge in [-0.1, -0.05) is 5.11 Å². The molecule has 5 aliphatic rings. The highest BCUT2D eigenvalue weighted by molar-refractivity contribution is 14.1. The molecular weight excluding hydrogens is 681 g/mol. The van der Waals surface area contributed by atoms with E-state index in [0.29, 0.717) is 35.0 Å². The summed E-state index contributed by atoms with van der Waals surface area (Å²) in [6.45, 7) is 1.55. The maximum Gasteiger partial charge on any atom is 0.341 e. The van der Waals surface area contributed by atoms with Crippen molar-refractivity contribution in [2.24, 2.45) is 45.5 Å². The summed E-state index contributed by atoms with van der Waals surface area (Å²) in [5.41, 5.74) is 6.01. The lowest BCUT2D eigenvalue weighted by molar-refractivity contribution is -0.162. The van der Waals surface area contributed by atoms with Crippen LogP contribution in [0, 0.1) is 44.0 Å². The number of carboxylic acid groups (broad SMARTS) is 1. The molecule has 1 saturated heterocycles. The number of halogens is 1. The molecule has 4 bridgehead atoms. The number of aromatic hydroxyl groups is 1. The molecule has 0 radical (unpaired) electrons. The normalized spacial score (nSPS) is 39.9. The van der Waals surface area contributed by atoms with E-state index < -0.39 is 63.1 Å². The predicted octanol–water partition coefficient (Wildman–Crippen LogP) is 4.05. The highest BCUT2D eigenvalue weighted by Gasteiger charge is 2.83. The molecule has 1 aromatic rings. The molecule has 226 valence electrons. The van der Waals surface area contributed by atoms with E-state index in [9.17, 15) is 33.9 Å². The molecule has 1 aliphatic heterocycles. The lowest BCUT2D eigenvalue weighted by Gasteiger charge is -2.44. The third-order valence-corrected chi connectivity index (χ3v) is 13.3. The maximum absolute atomic E-state index is 13.2. The number of carboxylic acids is 1. The minimum absolute atomic E-state index is 0.0238. The Bertz CT molecular complexity index is 1450. The van der Waals surface area contributed by atoms with Crippen LogP contribution in [0.15, 0.2) is 17.2 Å². The number of aliphatic hydroxyl groups is 1. The summed E-state index contributed by atoms with van der Waals surface area (Å²) >= 11 is 1.88. The van der Waals surface area contributed by atoms with Crippen molar-refractivity contribution < 1.29 is 43.4 Å². The number of fused-ring (bicyclic) bond motifs is 1. The number of aliphatic hydroxyl groups excluding tert-OH is 1. The van der Waals surface area contributed by atoms with Crippen molar-refractivity contribution in [2.75, 3.05) is 18.1 Å². The summed E-state index contributed by atoms with van der Waals surface area (Å²) in [7, 11) is -1.34. The van der Waals surface area contributed by atoms with Gasteiger partial charge in [0.05, 0.1) is 28.9 Å². The maximum atomic E-state index is 13.2. The second-order valence-corrected chi connectivity index (χ2v) is 15.5. The molecule has 3 N–H and O–H groups in total. The summed E-state index contributed by atoms with van der Waals surface area (Å²) in [5.74, 6) is -3.46. The highest BCUT2D eigenvalue weighted by atomic mass is 127. The molecule has 5 fully saturated rings. The molecular formula is C28H32IN3O9S. The first kappa shape index (κ1) is 29.6. The van der Waals surface area contributed by atoms with Crippen molar-refractivity contribution >= 4 is 57.0 Å². The lowest BCUT2D eigenvalue weighted by Crippen LogP contribution is -2.53. The van der Waals surface area contributed by atoms with Gasteiger partial charge >= 0.3 is 17.9 Å². The van der Waals surface area contributed by atoms with E-state index >= 15 is 0 Å². The number of carbonyl (C=O) groups is 3. The Morgan fingerprint density at radius 3 is 2.76 bits per heavy atom. The number of phenolic OH excluding ortho intramolecular Hbond substituents is 1. The van der Waals surface area contributed by atoms with Gasteiger partial charge in [0, 0.05) is 36.9 Å². The van der Waals surface area contributed by atoms with E-state index in [4.69, 9.17) is 15.0 Å². The fourth-order valence-electron chi connectivity index (χ4n) is 9.55. The van der Waals surface area contributed by atoms with Crippen LogP contribution < -0.4 is 0 Å². The summed E-state index contributed by atoms with van der Waals surface area (Å²) in [6, 6.07) is 2.53. The Hall–Kier alpha value is -2.42. The van der Waals surface area contributed by atoms with E-state index in [1.165, 1.54) is 12.1 Å². The Morgan fingerprint density at radius 2 is 2.05 bits per heavy atom. The number of rotatable bonds is 8. The van der Waals surface area contributed by atoms with Gasteiger partial charge in [-0.3, -0.25) is 13.8 Å². The number of hydrogen-bond acceptors (Lipinski definition) is 9. The highest BCUT2D eigenvalue weighted by Crippen LogP contribution is 2.78. The largest absolute Gasteiger partial charge is 0.507 e. The molecule has 14 heteroatoms. The number of ether oxygens (including phenoxy) is 2. The van der Waals surface area contributed by atoms with E-state index in [1.807, 2.05) is 22.6 Å². The number of carbonyl (C=O) groups excluding carboxylic acids is 2. The van der Waals surface area contributed by atoms with Crippen LogP contribution in [0.3, 0.4) is 0 Å². The average Bonchev–Trinajstić information content (AvgIpc) is 3.41. The van der Waals surface area contributed by atoms with Gasteiger partial charge in [-0.15, -0.1) is 0 Å². The molecule has 0 amide bonds. The van der Waals surface area contributed by atoms with Crippen molar-refractivity contribution in [2.45, 2.75) is 57.2 Å². The number of hydrogen-bond donors (Lipinski definition) is 3. The zero-order valence-electron chi connectivity index (χ0n) is 22.9. The van der Waals surface area contributed by atoms with Crippen LogP contribution in [-0.4, -0.2) is 67.3 Å². The minimum atomic E-state index is -1.34. The summed E-state index contributed by atoms with van der Waals surface area (Å²) in [5, 5.41) is 35.1. The third kappa shape index (κ3) is 4.11. The zero-order chi connectivity index (χ0) is 30.2. The second-order valence-electron chi connectivity index (χ2n) is 12.7. The number of benzene rings is 1. The molecule has 12 nitrogen and oxygen atoms in total. The van der Waals surface area contributed by atoms with Gasteiger partial charge in [-0.2, -0.15) is 0 Å². The Labute approximate surface area is 257 Å². The molecule has 1 aromatic carbocycles. The van der Waals surface area contributed by atoms with Gasteiger partial charge in [0.15, 0.2) is 0 Å². The van der Waals surface area contributed by atoms with Crippen molar-refractivity contribution in [3.05, 3.63) is 31.7 Å². The molecule has 6 rings (SSSR count). The molecule has 1 spiro atoms. The van der Waals surface area contributed by atoms with Gasteiger partial charge in [0.1, 0.15) is 23.5 Å². The Kier molecular flexibility index (Phi) is 7.30. The van der Waals surface area contributed by atoms with Crippen molar-refractivity contribution in [3.8, 4) is 5.75 Å². The van der Waals surface area contributed by atoms with Crippen LogP contribution in [0.2, 0.25) is 0 Å². The first-order valence-corrected chi connectivity index (χ1v) is 16.7. The smallest absolute Gasteiger partial charge is 0.341 e. The first-order chi connectivity index (χ1) is 19.9. The number of phenols is 1. The van der Waals surface area contributed by atoms with Gasteiger partial charge < -0.3 is 24.8 Å². The van der Waals surface area contributed by atoms with Crippen LogP contribution in [0.5, 0.6) is 5.75 Å². The third-order valence-electron chi connectivity index (χ3n) is 11.1. The van der Waals surface area contributed by atoms with E-state index in [-0.39, 0.29) is 47.1 Å². The first-order valence-electron chi connectivity index (χ1n) is 14.1. The standard InChI is InChI=1S/C28H32IN3O9S/c1-26-20(34)4-5-28(41-25(26)38)19-3-2-13-10-27(19,21(22(26)28)23(35)36)11-14(13)12-42(39)7-6-40-24(37)15-8-16(29)17(31-32-30)9-18(15)33/h8-9,13-14,19-22,33-34H,2-7,10-12H2,1H3,(H,35,36)/t13-,14-,19-,20+,21-,22-,26-,27-,28-,42?/m1/s1. The quantitative estimate of drug-likeness (QED) is 0.117. The molecule has 4 aliphatic carbocycles. The Morgan fingerprint density at radius 1 is 1.29 bits per heavy atom. The SMILES string of the molecule is C[C@@]12C(=O)O[C@]3(CC[C@@H]1O)[C@@H]1CC[C@@H]4C[C@]1(C[C@@H]4CS(=O)CCOC(=O)c1cc(I)c(N=[N+]=[N-])cc1O)[C@@H](C(=O)O)[C@@H]32. The van der Waals surface area contributed by atoms with Crippen molar-refractivity contribution in [1.29, 1.82) is 0 Å². The van der Waals surface area contributed by atoms with Crippen LogP contribution in [0.1, 0.15) is 55.8 Å². The second kappa shape index (κ2) is 10.3. The molecule has 4 saturated carbocycles. The van der Waals surface area contributed by atoms with Gasteiger partial charge in [0.2, 0.25) is 0 Å². The Balaban J connectivity index is 1.14. The molecule has 1 heterocycles. The number of esters is 2. The van der Waals surface area contributed by atoms with E-state index in [0.717, 1.165) is 12.8 Å². The summed E-state index contributed by atoms with van der Waals surface area (Å²) in [6.07, 6.45) is 2.76. The monoisotopic (exact) mass is 713 g/mol. The number of aliphatic carboxylic acids is 1. The van der Waals surface area contributed by atoms with Gasteiger partial charge in [-0.25, -0.2) is 4.79 Å². The fourth-order valence-corrected chi connectivity index (χ4v) is 11.4. The van der Waals surface area contributed by atoms with Crippen molar-refractivity contribution in [3.63, 3.8) is 0 Å². The van der Waals surface area contributed by atoms with Crippen LogP contribution in [0.4, 0.5) is 5.69 Å². The predicted molar refractivity (Wildman–Crippen MR) is 156 cm³/mol. The van der Waals surface area contributed by atoms with Gasteiger partial charge in [0.25, 0.3) is 0 Å². The molecule has 42 heavy (non-hydrogen) atoms. The number of azide groups is 1. The van der Waals surface area contributed by atoms with E-state index in [1.54, 1.807) is 6.92 Å². The van der Waals surface area contributed by atoms with E-state index in [2.05, 4.69) is 10.0 Å². The van der Waals surface area contributed by atoms with Crippen LogP contribution >= 0.6 is 22.6 Å². The molecule has 10 atom stereocenters. The van der Waals surface area contributed by atoms with Gasteiger partial charge in [-0.05, 0) is 103 Å². The number of nitrogens with zero attached hydrogens (tertiary/aromatic N) is 3. The molecule has 1 unspecified atom stereocenters. The van der Waals surface area contributed by atoms with Crippen molar-refractivity contribution in [1.82, 2.24) is 0 Å². The zero-order valence-corrected chi connectivity index (χ0v) is 25.9. The topological polar surface area (TPSA) is 196 Å². The summed E-state index contributed by atoms with van der Waals surface area (Å²) < 4.78 is 25.0. The summed E-state index contributed by atoms with van der Waals surface area (Å²) in [4.78, 5) is 41.2. The minimum Gasteiger partial charge on any atom is -0.507 e. The lowest BCUT2D eigenvalue weighted by atomic mass is 9.59. The van der Waals surface area contributed by atoms with Crippen LogP contribution in [-0.2, 0) is 29.9 Å². The fraction of sp³-hybridized carbons (Fsp3) is 0.679. The average molecular weight is 714 g/mol.